The Morgan fingerprint density at radius 2 is 2.22 bits per heavy atom. The highest BCUT2D eigenvalue weighted by molar-refractivity contribution is 5.94. The molecule has 126 valence electrons. The predicted molar refractivity (Wildman–Crippen MR) is 87.5 cm³/mol. The predicted octanol–water partition coefficient (Wildman–Crippen LogP) is 1.57. The standard InChI is InChI=1S/C17H24N2O4/c1-2-19(9-10-20)17(22)4-3-11-23-14-6-7-15-13(12-14)5-8-16(21)18-15/h6-7,12,20H,2-5,8-11H2,1H3,(H,18,21). The molecule has 1 aliphatic heterocycles. The van der Waals surface area contributed by atoms with Crippen molar-refractivity contribution in [3.8, 4) is 5.75 Å². The number of aryl methyl sites for hydroxylation is 1. The quantitative estimate of drug-likeness (QED) is 0.713. The van der Waals surface area contributed by atoms with Gasteiger partial charge < -0.3 is 20.1 Å². The lowest BCUT2D eigenvalue weighted by atomic mass is 10.0. The molecule has 2 rings (SSSR count). The van der Waals surface area contributed by atoms with Gasteiger partial charge in [-0.1, -0.05) is 0 Å². The number of rotatable bonds is 8. The molecule has 0 bridgehead atoms. The minimum Gasteiger partial charge on any atom is -0.494 e. The Morgan fingerprint density at radius 3 is 2.96 bits per heavy atom. The Bertz CT molecular complexity index is 560. The van der Waals surface area contributed by atoms with E-state index in [1.807, 2.05) is 25.1 Å². The number of carbonyl (C=O) groups excluding carboxylic acids is 2. The molecule has 1 aliphatic rings. The number of hydrogen-bond donors (Lipinski definition) is 2. The van der Waals surface area contributed by atoms with Crippen molar-refractivity contribution in [2.45, 2.75) is 32.6 Å². The van der Waals surface area contributed by atoms with Gasteiger partial charge in [0, 0.05) is 31.6 Å². The van der Waals surface area contributed by atoms with E-state index in [9.17, 15) is 9.59 Å². The van der Waals surface area contributed by atoms with Gasteiger partial charge in [0.1, 0.15) is 5.75 Å². The van der Waals surface area contributed by atoms with Gasteiger partial charge in [-0.25, -0.2) is 0 Å². The first kappa shape index (κ1) is 17.3. The molecular weight excluding hydrogens is 296 g/mol. The van der Waals surface area contributed by atoms with Crippen LogP contribution in [0.4, 0.5) is 5.69 Å². The maximum atomic E-state index is 11.9. The average Bonchev–Trinajstić information content (AvgIpc) is 2.56. The van der Waals surface area contributed by atoms with Crippen molar-refractivity contribution in [1.82, 2.24) is 4.90 Å². The van der Waals surface area contributed by atoms with Gasteiger partial charge in [0.2, 0.25) is 11.8 Å². The summed E-state index contributed by atoms with van der Waals surface area (Å²) in [5.41, 5.74) is 1.93. The van der Waals surface area contributed by atoms with Crippen LogP contribution in [0.3, 0.4) is 0 Å². The summed E-state index contributed by atoms with van der Waals surface area (Å²) in [6.07, 6.45) is 2.27. The molecule has 0 unspecified atom stereocenters. The van der Waals surface area contributed by atoms with Crippen molar-refractivity contribution in [3.63, 3.8) is 0 Å². The minimum atomic E-state index is -0.0122. The van der Waals surface area contributed by atoms with Gasteiger partial charge in [-0.2, -0.15) is 0 Å². The molecule has 1 aromatic carbocycles. The first-order valence-corrected chi connectivity index (χ1v) is 8.08. The molecule has 0 spiro atoms. The number of benzene rings is 1. The van der Waals surface area contributed by atoms with Gasteiger partial charge in [0.15, 0.2) is 0 Å². The summed E-state index contributed by atoms with van der Waals surface area (Å²) in [4.78, 5) is 24.9. The lowest BCUT2D eigenvalue weighted by Gasteiger charge is -2.20. The second kappa shape index (κ2) is 8.53. The van der Waals surface area contributed by atoms with Gasteiger partial charge in [0.25, 0.3) is 0 Å². The van der Waals surface area contributed by atoms with Gasteiger partial charge in [-0.15, -0.1) is 0 Å². The van der Waals surface area contributed by atoms with Gasteiger partial charge in [0.05, 0.1) is 13.2 Å². The fourth-order valence-electron chi connectivity index (χ4n) is 2.60. The van der Waals surface area contributed by atoms with Crippen molar-refractivity contribution in [2.24, 2.45) is 0 Å². The third-order valence-corrected chi connectivity index (χ3v) is 3.88. The van der Waals surface area contributed by atoms with E-state index in [1.54, 1.807) is 4.90 Å². The number of nitrogens with zero attached hydrogens (tertiary/aromatic N) is 1. The number of hydrogen-bond acceptors (Lipinski definition) is 4. The average molecular weight is 320 g/mol. The largest absolute Gasteiger partial charge is 0.494 e. The zero-order valence-electron chi connectivity index (χ0n) is 13.5. The number of nitrogens with one attached hydrogen (secondary N) is 1. The number of aliphatic hydroxyl groups is 1. The minimum absolute atomic E-state index is 0.0122. The monoisotopic (exact) mass is 320 g/mol. The Morgan fingerprint density at radius 1 is 1.39 bits per heavy atom. The molecule has 6 nitrogen and oxygen atoms in total. The summed E-state index contributed by atoms with van der Waals surface area (Å²) >= 11 is 0. The molecule has 0 aliphatic carbocycles. The number of aliphatic hydroxyl groups excluding tert-OH is 1. The van der Waals surface area contributed by atoms with E-state index in [2.05, 4.69) is 5.32 Å². The van der Waals surface area contributed by atoms with E-state index < -0.39 is 0 Å². The number of anilines is 1. The van der Waals surface area contributed by atoms with Gasteiger partial charge >= 0.3 is 0 Å². The van der Waals surface area contributed by atoms with E-state index in [1.165, 1.54) is 0 Å². The highest BCUT2D eigenvalue weighted by atomic mass is 16.5. The summed E-state index contributed by atoms with van der Waals surface area (Å²) in [5, 5.41) is 11.7. The van der Waals surface area contributed by atoms with Crippen LogP contribution in [-0.4, -0.2) is 48.1 Å². The summed E-state index contributed by atoms with van der Waals surface area (Å²) in [7, 11) is 0. The van der Waals surface area contributed by atoms with Crippen LogP contribution in [0.5, 0.6) is 5.75 Å². The maximum Gasteiger partial charge on any atom is 0.224 e. The third-order valence-electron chi connectivity index (χ3n) is 3.88. The number of likely N-dealkylation sites (N-methyl/N-ethyl adjacent to an activating group) is 1. The molecule has 0 saturated carbocycles. The molecule has 0 atom stereocenters. The van der Waals surface area contributed by atoms with Crippen LogP contribution in [-0.2, 0) is 16.0 Å². The van der Waals surface area contributed by atoms with Crippen LogP contribution in [0.2, 0.25) is 0 Å². The van der Waals surface area contributed by atoms with Crippen molar-refractivity contribution in [3.05, 3.63) is 23.8 Å². The number of carbonyl (C=O) groups is 2. The Balaban J connectivity index is 1.76. The smallest absolute Gasteiger partial charge is 0.224 e. The first-order valence-electron chi connectivity index (χ1n) is 8.08. The fourth-order valence-corrected chi connectivity index (χ4v) is 2.60. The first-order chi connectivity index (χ1) is 11.1. The zero-order chi connectivity index (χ0) is 16.7. The Hall–Kier alpha value is -2.08. The zero-order valence-corrected chi connectivity index (χ0v) is 13.5. The van der Waals surface area contributed by atoms with Crippen molar-refractivity contribution in [1.29, 1.82) is 0 Å². The summed E-state index contributed by atoms with van der Waals surface area (Å²) in [6.45, 7) is 3.34. The maximum absolute atomic E-state index is 11.9. The van der Waals surface area contributed by atoms with Crippen molar-refractivity contribution < 1.29 is 19.4 Å². The SMILES string of the molecule is CCN(CCO)C(=O)CCCOc1ccc2c(c1)CCC(=O)N2. The summed E-state index contributed by atoms with van der Waals surface area (Å²) < 4.78 is 5.69. The van der Waals surface area contributed by atoms with Crippen LogP contribution in [0.1, 0.15) is 31.7 Å². The van der Waals surface area contributed by atoms with Crippen molar-refractivity contribution in [2.75, 3.05) is 31.6 Å². The van der Waals surface area contributed by atoms with Crippen LogP contribution in [0, 0.1) is 0 Å². The van der Waals surface area contributed by atoms with E-state index in [4.69, 9.17) is 9.84 Å². The molecule has 0 saturated heterocycles. The summed E-state index contributed by atoms with van der Waals surface area (Å²) in [5.74, 6) is 0.849. The molecule has 0 fully saturated rings. The molecule has 0 radical (unpaired) electrons. The molecule has 1 heterocycles. The normalized spacial score (nSPS) is 13.2. The molecule has 0 aromatic heterocycles. The molecule has 2 N–H and O–H groups in total. The van der Waals surface area contributed by atoms with Crippen LogP contribution < -0.4 is 10.1 Å². The van der Waals surface area contributed by atoms with E-state index >= 15 is 0 Å². The van der Waals surface area contributed by atoms with E-state index in [0.29, 0.717) is 39.0 Å². The Labute approximate surface area is 136 Å². The van der Waals surface area contributed by atoms with Crippen LogP contribution in [0.25, 0.3) is 0 Å². The van der Waals surface area contributed by atoms with E-state index in [-0.39, 0.29) is 18.4 Å². The molecular formula is C17H24N2O4. The molecule has 6 heteroatoms. The number of fused-ring (bicyclic) bond motifs is 1. The summed E-state index contributed by atoms with van der Waals surface area (Å²) in [6, 6.07) is 5.63. The number of amides is 2. The number of ether oxygens (including phenoxy) is 1. The van der Waals surface area contributed by atoms with Gasteiger partial charge in [-0.05, 0) is 43.5 Å². The van der Waals surface area contributed by atoms with E-state index in [0.717, 1.165) is 23.4 Å². The lowest BCUT2D eigenvalue weighted by Crippen LogP contribution is -2.33. The van der Waals surface area contributed by atoms with Crippen LogP contribution >= 0.6 is 0 Å². The fraction of sp³-hybridized carbons (Fsp3) is 0.529. The molecule has 23 heavy (non-hydrogen) atoms. The lowest BCUT2D eigenvalue weighted by molar-refractivity contribution is -0.131. The van der Waals surface area contributed by atoms with Crippen molar-refractivity contribution >= 4 is 17.5 Å². The molecule has 1 aromatic rings. The highest BCUT2D eigenvalue weighted by Crippen LogP contribution is 2.26. The topological polar surface area (TPSA) is 78.9 Å². The highest BCUT2D eigenvalue weighted by Gasteiger charge is 2.15. The molecule has 2 amide bonds. The third kappa shape index (κ3) is 4.96. The second-order valence-corrected chi connectivity index (χ2v) is 5.52. The second-order valence-electron chi connectivity index (χ2n) is 5.52. The van der Waals surface area contributed by atoms with Crippen LogP contribution in [0.15, 0.2) is 18.2 Å². The van der Waals surface area contributed by atoms with Gasteiger partial charge in [-0.3, -0.25) is 9.59 Å². The Kier molecular flexibility index (Phi) is 6.40.